The lowest BCUT2D eigenvalue weighted by atomic mass is 9.44. The molecule has 4 aliphatic carbocycles. The first-order chi connectivity index (χ1) is 11.2. The Hall–Kier alpha value is -0.300. The van der Waals surface area contributed by atoms with E-state index in [1.54, 1.807) is 0 Å². The third-order valence-corrected chi connectivity index (χ3v) is 9.55. The van der Waals surface area contributed by atoms with E-state index in [0.717, 1.165) is 42.4 Å². The van der Waals surface area contributed by atoms with E-state index < -0.39 is 5.60 Å². The van der Waals surface area contributed by atoms with Gasteiger partial charge >= 0.3 is 0 Å². The van der Waals surface area contributed by atoms with Gasteiger partial charge in [0.15, 0.2) is 0 Å². The maximum atomic E-state index is 10.6. The summed E-state index contributed by atoms with van der Waals surface area (Å²) in [5.74, 6) is 4.30. The van der Waals surface area contributed by atoms with Crippen LogP contribution in [0, 0.1) is 40.4 Å². The van der Waals surface area contributed by atoms with Crippen LogP contribution in [0.4, 0.5) is 0 Å². The van der Waals surface area contributed by atoms with Gasteiger partial charge in [-0.05, 0) is 112 Å². The number of aliphatic hydroxyl groups is 1. The molecule has 8 atom stereocenters. The average molecular weight is 331 g/mol. The zero-order chi connectivity index (χ0) is 17.3. The van der Waals surface area contributed by atoms with Gasteiger partial charge < -0.3 is 5.11 Å². The molecule has 0 saturated heterocycles. The summed E-state index contributed by atoms with van der Waals surface area (Å²) in [7, 11) is 0. The van der Waals surface area contributed by atoms with Crippen LogP contribution in [-0.2, 0) is 0 Å². The Bertz CT molecular complexity index is 534. The van der Waals surface area contributed by atoms with Gasteiger partial charge in [0.2, 0.25) is 0 Å². The van der Waals surface area contributed by atoms with Crippen molar-refractivity contribution in [3.05, 3.63) is 12.2 Å². The maximum Gasteiger partial charge on any atom is 0.0622 e. The van der Waals surface area contributed by atoms with Crippen molar-refractivity contribution >= 4 is 0 Å². The van der Waals surface area contributed by atoms with Crippen LogP contribution in [0.1, 0.15) is 85.5 Å². The van der Waals surface area contributed by atoms with Crippen molar-refractivity contribution in [2.24, 2.45) is 40.4 Å². The molecule has 1 nitrogen and oxygen atoms in total. The highest BCUT2D eigenvalue weighted by Crippen LogP contribution is 2.68. The monoisotopic (exact) mass is 330 g/mol. The summed E-state index contributed by atoms with van der Waals surface area (Å²) < 4.78 is 0. The van der Waals surface area contributed by atoms with Crippen LogP contribution in [0.25, 0.3) is 0 Å². The Morgan fingerprint density at radius 2 is 1.58 bits per heavy atom. The van der Waals surface area contributed by atoms with Crippen molar-refractivity contribution in [1.29, 1.82) is 0 Å². The average Bonchev–Trinajstić information content (AvgIpc) is 2.85. The largest absolute Gasteiger partial charge is 0.390 e. The Kier molecular flexibility index (Phi) is 3.82. The van der Waals surface area contributed by atoms with Gasteiger partial charge in [-0.15, -0.1) is 0 Å². The highest BCUT2D eigenvalue weighted by molar-refractivity contribution is 5.15. The summed E-state index contributed by atoms with van der Waals surface area (Å²) in [5, 5.41) is 10.6. The summed E-state index contributed by atoms with van der Waals surface area (Å²) in [4.78, 5) is 0. The minimum absolute atomic E-state index is 0.404. The maximum absolute atomic E-state index is 10.6. The quantitative estimate of drug-likeness (QED) is 0.587. The first kappa shape index (κ1) is 17.1. The van der Waals surface area contributed by atoms with Crippen LogP contribution in [0.15, 0.2) is 12.2 Å². The van der Waals surface area contributed by atoms with Crippen LogP contribution in [0.3, 0.4) is 0 Å². The molecule has 0 radical (unpaired) electrons. The molecule has 0 bridgehead atoms. The van der Waals surface area contributed by atoms with Crippen molar-refractivity contribution in [3.8, 4) is 0 Å². The van der Waals surface area contributed by atoms with Gasteiger partial charge in [0.25, 0.3) is 0 Å². The summed E-state index contributed by atoms with van der Waals surface area (Å²) in [6.07, 6.45) is 11.7. The molecule has 4 saturated carbocycles. The number of hydrogen-bond donors (Lipinski definition) is 1. The third kappa shape index (κ3) is 2.29. The molecule has 4 rings (SSSR count). The number of hydrogen-bond acceptors (Lipinski definition) is 1. The van der Waals surface area contributed by atoms with Gasteiger partial charge in [-0.1, -0.05) is 26.0 Å². The molecule has 0 aromatic carbocycles. The molecule has 136 valence electrons. The predicted octanol–water partition coefficient (Wildman–Crippen LogP) is 5.97. The molecule has 0 spiro atoms. The Morgan fingerprint density at radius 1 is 0.875 bits per heavy atom. The second-order valence-electron chi connectivity index (χ2n) is 10.9. The zero-order valence-corrected chi connectivity index (χ0v) is 16.4. The minimum Gasteiger partial charge on any atom is -0.390 e. The summed E-state index contributed by atoms with van der Waals surface area (Å²) in [6, 6.07) is 0. The lowest BCUT2D eigenvalue weighted by Gasteiger charge is -2.62. The van der Waals surface area contributed by atoms with Crippen molar-refractivity contribution in [1.82, 2.24) is 0 Å². The highest BCUT2D eigenvalue weighted by Gasteiger charge is 2.60. The smallest absolute Gasteiger partial charge is 0.0622 e. The fraction of sp³-hybridized carbons (Fsp3) is 0.913. The summed E-state index contributed by atoms with van der Waals surface area (Å²) in [6.45, 7) is 13.9. The summed E-state index contributed by atoms with van der Waals surface area (Å²) >= 11 is 0. The molecule has 0 aromatic rings. The molecule has 1 heteroatoms. The van der Waals surface area contributed by atoms with E-state index in [-0.39, 0.29) is 0 Å². The molecule has 0 heterocycles. The van der Waals surface area contributed by atoms with E-state index in [2.05, 4.69) is 34.3 Å². The fourth-order valence-corrected chi connectivity index (χ4v) is 8.24. The van der Waals surface area contributed by atoms with Crippen molar-refractivity contribution in [3.63, 3.8) is 0 Å². The van der Waals surface area contributed by atoms with Crippen LogP contribution >= 0.6 is 0 Å². The lowest BCUT2D eigenvalue weighted by molar-refractivity contribution is -0.144. The molecule has 4 aliphatic rings. The summed E-state index contributed by atoms with van der Waals surface area (Å²) in [5.41, 5.74) is 2.05. The van der Waals surface area contributed by atoms with Crippen LogP contribution in [0.2, 0.25) is 0 Å². The molecular weight excluding hydrogens is 292 g/mol. The first-order valence-electron chi connectivity index (χ1n) is 10.6. The molecular formula is C23H38O. The highest BCUT2D eigenvalue weighted by atomic mass is 16.3. The molecule has 0 amide bonds. The molecule has 3 unspecified atom stereocenters. The SMILES string of the molecule is C=C(C)C1CC[C@H]2C3CC[C@H]4C[C@](C)(O)CC[C@]4(C)C3CC[C@]12C. The molecule has 0 aliphatic heterocycles. The standard InChI is InChI=1S/C23H38O/c1-15(2)18-8-9-19-17-7-6-16-14-21(3,24)12-13-22(16,4)20(17)10-11-23(18,19)5/h16-20,24H,1,6-14H2,2-5H3/t16-,17?,18?,19-,20?,21+,22-,23+/m0/s1. The Labute approximate surface area is 149 Å². The number of fused-ring (bicyclic) bond motifs is 5. The predicted molar refractivity (Wildman–Crippen MR) is 101 cm³/mol. The first-order valence-corrected chi connectivity index (χ1v) is 10.6. The minimum atomic E-state index is -0.404. The molecule has 4 fully saturated rings. The van der Waals surface area contributed by atoms with Crippen molar-refractivity contribution in [2.75, 3.05) is 0 Å². The second-order valence-corrected chi connectivity index (χ2v) is 10.9. The van der Waals surface area contributed by atoms with Gasteiger partial charge in [0, 0.05) is 0 Å². The van der Waals surface area contributed by atoms with Gasteiger partial charge in [-0.2, -0.15) is 0 Å². The van der Waals surface area contributed by atoms with Gasteiger partial charge in [0.1, 0.15) is 0 Å². The molecule has 0 aromatic heterocycles. The topological polar surface area (TPSA) is 20.2 Å². The Balaban J connectivity index is 1.61. The van der Waals surface area contributed by atoms with Crippen LogP contribution in [0.5, 0.6) is 0 Å². The number of allylic oxidation sites excluding steroid dienone is 1. The van der Waals surface area contributed by atoms with Gasteiger partial charge in [-0.25, -0.2) is 0 Å². The lowest BCUT2D eigenvalue weighted by Crippen LogP contribution is -2.55. The van der Waals surface area contributed by atoms with Crippen molar-refractivity contribution < 1.29 is 5.11 Å². The number of rotatable bonds is 1. The van der Waals surface area contributed by atoms with Crippen LogP contribution in [-0.4, -0.2) is 10.7 Å². The Morgan fingerprint density at radius 3 is 2.29 bits per heavy atom. The fourth-order valence-electron chi connectivity index (χ4n) is 8.24. The van der Waals surface area contributed by atoms with E-state index >= 15 is 0 Å². The van der Waals surface area contributed by atoms with Crippen LogP contribution < -0.4 is 0 Å². The second kappa shape index (κ2) is 5.35. The molecule has 24 heavy (non-hydrogen) atoms. The van der Waals surface area contributed by atoms with E-state index in [0.29, 0.717) is 10.8 Å². The van der Waals surface area contributed by atoms with E-state index in [1.165, 1.54) is 50.5 Å². The van der Waals surface area contributed by atoms with E-state index in [1.807, 2.05) is 0 Å². The van der Waals surface area contributed by atoms with Gasteiger partial charge in [0.05, 0.1) is 5.60 Å². The van der Waals surface area contributed by atoms with Gasteiger partial charge in [-0.3, -0.25) is 0 Å². The zero-order valence-electron chi connectivity index (χ0n) is 16.4. The normalized spacial score (nSPS) is 57.0. The van der Waals surface area contributed by atoms with E-state index in [9.17, 15) is 5.11 Å². The third-order valence-electron chi connectivity index (χ3n) is 9.55. The van der Waals surface area contributed by atoms with Crippen molar-refractivity contribution in [2.45, 2.75) is 91.1 Å². The van der Waals surface area contributed by atoms with E-state index in [4.69, 9.17) is 0 Å². The molecule has 1 N–H and O–H groups in total.